The predicted molar refractivity (Wildman–Crippen MR) is 96.4 cm³/mol. The van der Waals surface area contributed by atoms with E-state index in [1.165, 1.54) is 0 Å². The third-order valence-corrected chi connectivity index (χ3v) is 5.39. The molecule has 2 N–H and O–H groups in total. The van der Waals surface area contributed by atoms with Gasteiger partial charge in [0.25, 0.3) is 5.56 Å². The first-order valence-corrected chi connectivity index (χ1v) is 9.22. The van der Waals surface area contributed by atoms with Gasteiger partial charge in [-0.05, 0) is 36.8 Å². The number of hydrogen-bond donors (Lipinski definition) is 1. The number of hydrogen-bond acceptors (Lipinski definition) is 4. The normalized spacial score (nSPS) is 23.7. The minimum absolute atomic E-state index is 0. The first-order valence-electron chi connectivity index (χ1n) is 7.83. The van der Waals surface area contributed by atoms with Crippen molar-refractivity contribution in [1.82, 2.24) is 9.47 Å². The number of carbonyl (C=O) groups excluding carboxylic acids is 1. The third-order valence-electron chi connectivity index (χ3n) is 4.74. The lowest BCUT2D eigenvalue weighted by molar-refractivity contribution is -0.135. The second-order valence-electron chi connectivity index (χ2n) is 6.33. The highest BCUT2D eigenvalue weighted by Crippen LogP contribution is 2.35. The SMILES string of the molecule is CSCCC(N)C(=O)N1CC2CC(C1)c1cccc(=O)n1C2.Cl. The number of rotatable bonds is 4. The molecule has 23 heavy (non-hydrogen) atoms. The standard InChI is InChI=1S/C16H23N3O2S.ClH/c1-22-6-5-13(17)16(21)18-8-11-7-12(10-18)14-3-2-4-15(20)19(14)9-11;/h2-4,11-13H,5-10,17H2,1H3;1H. The fourth-order valence-electron chi connectivity index (χ4n) is 3.68. The lowest BCUT2D eigenvalue weighted by atomic mass is 9.83. The molecular weight excluding hydrogens is 334 g/mol. The molecule has 0 spiro atoms. The monoisotopic (exact) mass is 357 g/mol. The van der Waals surface area contributed by atoms with Gasteiger partial charge in [0.2, 0.25) is 5.91 Å². The summed E-state index contributed by atoms with van der Waals surface area (Å²) in [7, 11) is 0. The Morgan fingerprint density at radius 2 is 2.17 bits per heavy atom. The molecular formula is C16H24ClN3O2S. The molecule has 0 aromatic carbocycles. The van der Waals surface area contributed by atoms with Crippen LogP contribution in [0.25, 0.3) is 0 Å². The Morgan fingerprint density at radius 1 is 1.39 bits per heavy atom. The van der Waals surface area contributed by atoms with Crippen LogP contribution in [-0.4, -0.2) is 46.5 Å². The number of halogens is 1. The zero-order valence-corrected chi connectivity index (χ0v) is 14.9. The van der Waals surface area contributed by atoms with E-state index in [4.69, 9.17) is 5.73 Å². The van der Waals surface area contributed by atoms with Crippen LogP contribution in [0.2, 0.25) is 0 Å². The Labute approximate surface area is 147 Å². The molecule has 0 radical (unpaired) electrons. The van der Waals surface area contributed by atoms with Gasteiger partial charge in [-0.2, -0.15) is 11.8 Å². The summed E-state index contributed by atoms with van der Waals surface area (Å²) < 4.78 is 1.88. The van der Waals surface area contributed by atoms with Gasteiger partial charge in [0.05, 0.1) is 6.04 Å². The van der Waals surface area contributed by atoms with E-state index in [9.17, 15) is 9.59 Å². The third kappa shape index (κ3) is 3.75. The van der Waals surface area contributed by atoms with E-state index in [-0.39, 0.29) is 29.8 Å². The Balaban J connectivity index is 0.00000192. The predicted octanol–water partition coefficient (Wildman–Crippen LogP) is 1.30. The number of carbonyl (C=O) groups is 1. The summed E-state index contributed by atoms with van der Waals surface area (Å²) in [5, 5.41) is 0. The summed E-state index contributed by atoms with van der Waals surface area (Å²) in [4.78, 5) is 26.5. The smallest absolute Gasteiger partial charge is 0.250 e. The molecule has 3 rings (SSSR count). The second-order valence-corrected chi connectivity index (χ2v) is 7.31. The van der Waals surface area contributed by atoms with E-state index < -0.39 is 6.04 Å². The van der Waals surface area contributed by atoms with E-state index in [0.29, 0.717) is 12.5 Å². The summed E-state index contributed by atoms with van der Waals surface area (Å²) >= 11 is 1.71. The Morgan fingerprint density at radius 3 is 2.91 bits per heavy atom. The van der Waals surface area contributed by atoms with Gasteiger partial charge in [0.15, 0.2) is 0 Å². The maximum Gasteiger partial charge on any atom is 0.250 e. The highest BCUT2D eigenvalue weighted by Gasteiger charge is 2.37. The van der Waals surface area contributed by atoms with Crippen LogP contribution >= 0.6 is 24.2 Å². The van der Waals surface area contributed by atoms with E-state index >= 15 is 0 Å². The molecule has 0 aliphatic carbocycles. The molecule has 2 aliphatic heterocycles. The number of fused-ring (bicyclic) bond motifs is 4. The van der Waals surface area contributed by atoms with Crippen molar-refractivity contribution < 1.29 is 4.79 Å². The fraction of sp³-hybridized carbons (Fsp3) is 0.625. The van der Waals surface area contributed by atoms with Gasteiger partial charge in [-0.1, -0.05) is 6.07 Å². The summed E-state index contributed by atoms with van der Waals surface area (Å²) in [5.74, 6) is 1.60. The largest absolute Gasteiger partial charge is 0.340 e. The molecule has 1 amide bonds. The van der Waals surface area contributed by atoms with Crippen LogP contribution in [0.15, 0.2) is 23.0 Å². The first-order chi connectivity index (χ1) is 10.6. The van der Waals surface area contributed by atoms with Crippen molar-refractivity contribution in [2.45, 2.75) is 31.3 Å². The average Bonchev–Trinajstić information content (AvgIpc) is 2.52. The molecule has 1 aromatic rings. The van der Waals surface area contributed by atoms with Crippen molar-refractivity contribution in [1.29, 1.82) is 0 Å². The van der Waals surface area contributed by atoms with Gasteiger partial charge in [0.1, 0.15) is 0 Å². The fourth-order valence-corrected chi connectivity index (χ4v) is 4.17. The van der Waals surface area contributed by atoms with Gasteiger partial charge < -0.3 is 15.2 Å². The maximum absolute atomic E-state index is 12.5. The summed E-state index contributed by atoms with van der Waals surface area (Å²) in [6.07, 6.45) is 3.81. The number of aromatic nitrogens is 1. The first kappa shape index (κ1) is 18.4. The molecule has 3 atom stereocenters. The molecule has 3 unspecified atom stereocenters. The average molecular weight is 358 g/mol. The van der Waals surface area contributed by atoms with Crippen LogP contribution in [0.1, 0.15) is 24.5 Å². The van der Waals surface area contributed by atoms with Crippen molar-refractivity contribution in [3.63, 3.8) is 0 Å². The molecule has 128 valence electrons. The van der Waals surface area contributed by atoms with Crippen LogP contribution in [0.3, 0.4) is 0 Å². The van der Waals surface area contributed by atoms with E-state index in [2.05, 4.69) is 0 Å². The van der Waals surface area contributed by atoms with Crippen LogP contribution < -0.4 is 11.3 Å². The number of nitrogens with two attached hydrogens (primary N) is 1. The van der Waals surface area contributed by atoms with Crippen LogP contribution in [-0.2, 0) is 11.3 Å². The molecule has 0 saturated carbocycles. The molecule has 5 nitrogen and oxygen atoms in total. The zero-order chi connectivity index (χ0) is 15.7. The highest BCUT2D eigenvalue weighted by molar-refractivity contribution is 7.98. The van der Waals surface area contributed by atoms with Crippen molar-refractivity contribution in [2.75, 3.05) is 25.1 Å². The van der Waals surface area contributed by atoms with Gasteiger partial charge >= 0.3 is 0 Å². The van der Waals surface area contributed by atoms with Crippen molar-refractivity contribution in [3.8, 4) is 0 Å². The van der Waals surface area contributed by atoms with Gasteiger partial charge in [0, 0.05) is 37.3 Å². The summed E-state index contributed by atoms with van der Waals surface area (Å²) in [5.41, 5.74) is 7.18. The number of thioether (sulfide) groups is 1. The Hall–Kier alpha value is -0.980. The molecule has 2 bridgehead atoms. The molecule has 3 heterocycles. The lowest BCUT2D eigenvalue weighted by Crippen LogP contribution is -2.53. The topological polar surface area (TPSA) is 68.3 Å². The minimum Gasteiger partial charge on any atom is -0.340 e. The summed E-state index contributed by atoms with van der Waals surface area (Å²) in [6.45, 7) is 2.13. The van der Waals surface area contributed by atoms with Crippen molar-refractivity contribution in [2.24, 2.45) is 11.7 Å². The lowest BCUT2D eigenvalue weighted by Gasteiger charge is -2.43. The van der Waals surface area contributed by atoms with E-state index in [1.807, 2.05) is 27.9 Å². The van der Waals surface area contributed by atoms with Gasteiger partial charge in [-0.3, -0.25) is 9.59 Å². The number of pyridine rings is 1. The number of nitrogens with zero attached hydrogens (tertiary/aromatic N) is 2. The molecule has 1 aromatic heterocycles. The van der Waals surface area contributed by atoms with Crippen LogP contribution in [0.5, 0.6) is 0 Å². The molecule has 2 aliphatic rings. The maximum atomic E-state index is 12.5. The molecule has 7 heteroatoms. The zero-order valence-electron chi connectivity index (χ0n) is 13.3. The van der Waals surface area contributed by atoms with Crippen molar-refractivity contribution >= 4 is 30.1 Å². The quantitative estimate of drug-likeness (QED) is 0.881. The highest BCUT2D eigenvalue weighted by atomic mass is 35.5. The van der Waals surface area contributed by atoms with Crippen LogP contribution in [0.4, 0.5) is 0 Å². The molecule has 1 fully saturated rings. The van der Waals surface area contributed by atoms with Gasteiger partial charge in [-0.15, -0.1) is 12.4 Å². The number of piperidine rings is 1. The van der Waals surface area contributed by atoms with Crippen molar-refractivity contribution in [3.05, 3.63) is 34.2 Å². The Bertz CT molecular complexity index is 622. The summed E-state index contributed by atoms with van der Waals surface area (Å²) in [6, 6.07) is 5.05. The second kappa shape index (κ2) is 7.73. The minimum atomic E-state index is -0.399. The Kier molecular flexibility index (Phi) is 6.17. The van der Waals surface area contributed by atoms with Gasteiger partial charge in [-0.25, -0.2) is 0 Å². The van der Waals surface area contributed by atoms with E-state index in [0.717, 1.165) is 37.4 Å². The molecule has 1 saturated heterocycles. The van der Waals surface area contributed by atoms with Crippen LogP contribution in [0, 0.1) is 5.92 Å². The number of amides is 1. The number of likely N-dealkylation sites (tertiary alicyclic amines) is 1. The van der Waals surface area contributed by atoms with E-state index in [1.54, 1.807) is 17.8 Å².